The minimum absolute atomic E-state index is 0.165. The second-order valence-corrected chi connectivity index (χ2v) is 6.76. The molecule has 1 aromatic heterocycles. The number of benzene rings is 1. The van der Waals surface area contributed by atoms with Crippen LogP contribution in [0.4, 0.5) is 4.39 Å². The molecule has 2 aromatic rings. The Morgan fingerprint density at radius 1 is 1.41 bits per heavy atom. The molecule has 3 rings (SSSR count). The van der Waals surface area contributed by atoms with Crippen LogP contribution in [0.25, 0.3) is 0 Å². The molecule has 1 aliphatic rings. The van der Waals surface area contributed by atoms with Crippen molar-refractivity contribution in [3.05, 3.63) is 52.0 Å². The Morgan fingerprint density at radius 2 is 2.26 bits per heavy atom. The molecule has 1 aromatic carbocycles. The molecular weight excluding hydrogens is 351 g/mol. The van der Waals surface area contributed by atoms with Crippen LogP contribution in [0.2, 0.25) is 0 Å². The van der Waals surface area contributed by atoms with Gasteiger partial charge in [-0.2, -0.15) is 5.10 Å². The average Bonchev–Trinajstić information content (AvgIpc) is 2.82. The van der Waals surface area contributed by atoms with Gasteiger partial charge in [-0.3, -0.25) is 9.36 Å². The van der Waals surface area contributed by atoms with Gasteiger partial charge in [-0.25, -0.2) is 13.9 Å². The fourth-order valence-corrected chi connectivity index (χ4v) is 3.40. The number of hydrogen-bond acceptors (Lipinski definition) is 4. The number of ether oxygens (including phenoxy) is 1. The standard InChI is InChI=1S/C19H25FN4O3/c1-27-11-5-10-21-18(25)16-8-2-3-9-17-22-23(19(26)24(16)17)13-14-6-4-7-15(20)12-14/h4,6-7,12,16H,2-3,5,8-11,13H2,1H3,(H,21,25). The molecule has 7 nitrogen and oxygen atoms in total. The van der Waals surface area contributed by atoms with E-state index in [-0.39, 0.29) is 24.0 Å². The number of hydrogen-bond donors (Lipinski definition) is 1. The van der Waals surface area contributed by atoms with E-state index in [1.165, 1.54) is 21.4 Å². The van der Waals surface area contributed by atoms with Crippen molar-refractivity contribution in [1.82, 2.24) is 19.7 Å². The summed E-state index contributed by atoms with van der Waals surface area (Å²) in [5, 5.41) is 7.31. The summed E-state index contributed by atoms with van der Waals surface area (Å²) in [6.45, 7) is 1.26. The van der Waals surface area contributed by atoms with Gasteiger partial charge >= 0.3 is 5.69 Å². The van der Waals surface area contributed by atoms with Crippen LogP contribution in [-0.2, 0) is 22.5 Å². The van der Waals surface area contributed by atoms with Crippen LogP contribution in [0.15, 0.2) is 29.1 Å². The number of rotatable bonds is 7. The number of fused-ring (bicyclic) bond motifs is 1. The zero-order valence-corrected chi connectivity index (χ0v) is 15.5. The zero-order valence-electron chi connectivity index (χ0n) is 15.5. The third kappa shape index (κ3) is 4.63. The maximum atomic E-state index is 13.4. The molecule has 0 aliphatic carbocycles. The fraction of sp³-hybridized carbons (Fsp3) is 0.526. The largest absolute Gasteiger partial charge is 0.385 e. The maximum absolute atomic E-state index is 13.4. The first-order chi connectivity index (χ1) is 13.1. The van der Waals surface area contributed by atoms with Gasteiger partial charge in [0, 0.05) is 26.7 Å². The van der Waals surface area contributed by atoms with Gasteiger partial charge < -0.3 is 10.1 Å². The van der Waals surface area contributed by atoms with E-state index in [1.54, 1.807) is 19.2 Å². The lowest BCUT2D eigenvalue weighted by Crippen LogP contribution is -2.38. The van der Waals surface area contributed by atoms with Crippen LogP contribution in [0, 0.1) is 5.82 Å². The maximum Gasteiger partial charge on any atom is 0.346 e. The lowest BCUT2D eigenvalue weighted by molar-refractivity contribution is -0.124. The van der Waals surface area contributed by atoms with Gasteiger partial charge in [-0.1, -0.05) is 18.6 Å². The van der Waals surface area contributed by atoms with Crippen molar-refractivity contribution in [3.8, 4) is 0 Å². The van der Waals surface area contributed by atoms with Gasteiger partial charge in [0.1, 0.15) is 17.7 Å². The Labute approximate surface area is 157 Å². The average molecular weight is 376 g/mol. The second-order valence-electron chi connectivity index (χ2n) is 6.76. The van der Waals surface area contributed by atoms with Crippen LogP contribution >= 0.6 is 0 Å². The van der Waals surface area contributed by atoms with Crippen LogP contribution < -0.4 is 11.0 Å². The number of nitrogens with one attached hydrogen (secondary N) is 1. The number of methoxy groups -OCH3 is 1. The van der Waals surface area contributed by atoms with Gasteiger partial charge in [0.15, 0.2) is 0 Å². The molecule has 1 atom stereocenters. The molecular formula is C19H25FN4O3. The Kier molecular flexibility index (Phi) is 6.39. The van der Waals surface area contributed by atoms with Crippen molar-refractivity contribution in [1.29, 1.82) is 0 Å². The smallest absolute Gasteiger partial charge is 0.346 e. The summed E-state index contributed by atoms with van der Waals surface area (Å²) < 4.78 is 21.2. The summed E-state index contributed by atoms with van der Waals surface area (Å²) in [4.78, 5) is 25.6. The van der Waals surface area contributed by atoms with E-state index in [0.717, 1.165) is 19.3 Å². The minimum atomic E-state index is -0.557. The summed E-state index contributed by atoms with van der Waals surface area (Å²) in [5.74, 6) is 0.0993. The molecule has 0 saturated carbocycles. The molecule has 1 unspecified atom stereocenters. The molecule has 0 saturated heterocycles. The van der Waals surface area contributed by atoms with Crippen molar-refractivity contribution < 1.29 is 13.9 Å². The van der Waals surface area contributed by atoms with Crippen LogP contribution in [0.3, 0.4) is 0 Å². The van der Waals surface area contributed by atoms with Gasteiger partial charge in [-0.15, -0.1) is 0 Å². The summed E-state index contributed by atoms with van der Waals surface area (Å²) in [5.41, 5.74) is 0.333. The summed E-state index contributed by atoms with van der Waals surface area (Å²) >= 11 is 0. The second kappa shape index (κ2) is 8.94. The topological polar surface area (TPSA) is 78.2 Å². The summed E-state index contributed by atoms with van der Waals surface area (Å²) in [6, 6.07) is 5.54. The Morgan fingerprint density at radius 3 is 3.04 bits per heavy atom. The molecule has 146 valence electrons. The molecule has 1 N–H and O–H groups in total. The summed E-state index contributed by atoms with van der Waals surface area (Å²) in [7, 11) is 1.62. The normalized spacial score (nSPS) is 16.6. The van der Waals surface area contributed by atoms with E-state index in [4.69, 9.17) is 4.74 Å². The Hall–Kier alpha value is -2.48. The van der Waals surface area contributed by atoms with Crippen molar-refractivity contribution in [2.45, 2.75) is 44.7 Å². The number of aromatic nitrogens is 3. The number of halogens is 1. The molecule has 0 bridgehead atoms. The molecule has 1 amide bonds. The van der Waals surface area contributed by atoms with Crippen LogP contribution in [0.1, 0.15) is 43.1 Å². The molecule has 0 fully saturated rings. The number of aryl methyl sites for hydroxylation is 1. The molecule has 0 radical (unpaired) electrons. The third-order valence-corrected chi connectivity index (χ3v) is 4.73. The van der Waals surface area contributed by atoms with Crippen LogP contribution in [-0.4, -0.2) is 40.5 Å². The van der Waals surface area contributed by atoms with Crippen LogP contribution in [0.5, 0.6) is 0 Å². The lowest BCUT2D eigenvalue weighted by atomic mass is 10.1. The van der Waals surface area contributed by atoms with Crippen molar-refractivity contribution in [3.63, 3.8) is 0 Å². The lowest BCUT2D eigenvalue weighted by Gasteiger charge is -2.16. The van der Waals surface area contributed by atoms with E-state index < -0.39 is 6.04 Å². The van der Waals surface area contributed by atoms with Gasteiger partial charge in [-0.05, 0) is 37.0 Å². The van der Waals surface area contributed by atoms with E-state index >= 15 is 0 Å². The third-order valence-electron chi connectivity index (χ3n) is 4.73. The Balaban J connectivity index is 1.82. The van der Waals surface area contributed by atoms with Crippen molar-refractivity contribution in [2.75, 3.05) is 20.3 Å². The minimum Gasteiger partial charge on any atom is -0.385 e. The predicted octanol–water partition coefficient (Wildman–Crippen LogP) is 1.65. The SMILES string of the molecule is COCCCNC(=O)C1CCCCc2nn(Cc3cccc(F)c3)c(=O)n21. The quantitative estimate of drug-likeness (QED) is 0.746. The first-order valence-electron chi connectivity index (χ1n) is 9.29. The number of amides is 1. The van der Waals surface area contributed by atoms with E-state index in [9.17, 15) is 14.0 Å². The van der Waals surface area contributed by atoms with E-state index in [0.29, 0.717) is 37.4 Å². The Bertz CT molecular complexity index is 846. The number of carbonyl (C=O) groups is 1. The van der Waals surface area contributed by atoms with E-state index in [1.807, 2.05) is 0 Å². The monoisotopic (exact) mass is 376 g/mol. The number of nitrogens with zero attached hydrogens (tertiary/aromatic N) is 3. The van der Waals surface area contributed by atoms with Gasteiger partial charge in [0.05, 0.1) is 6.54 Å². The fourth-order valence-electron chi connectivity index (χ4n) is 3.40. The highest BCUT2D eigenvalue weighted by molar-refractivity contribution is 5.80. The highest BCUT2D eigenvalue weighted by atomic mass is 19.1. The van der Waals surface area contributed by atoms with Gasteiger partial charge in [0.25, 0.3) is 0 Å². The van der Waals surface area contributed by atoms with Gasteiger partial charge in [0.2, 0.25) is 5.91 Å². The highest BCUT2D eigenvalue weighted by Crippen LogP contribution is 2.21. The summed E-state index contributed by atoms with van der Waals surface area (Å²) in [6.07, 6.45) is 3.72. The molecule has 1 aliphatic heterocycles. The highest BCUT2D eigenvalue weighted by Gasteiger charge is 2.28. The van der Waals surface area contributed by atoms with Crippen molar-refractivity contribution >= 4 is 5.91 Å². The first kappa shape index (κ1) is 19.3. The predicted molar refractivity (Wildman–Crippen MR) is 98.1 cm³/mol. The van der Waals surface area contributed by atoms with E-state index in [2.05, 4.69) is 10.4 Å². The molecule has 0 spiro atoms. The zero-order chi connectivity index (χ0) is 19.2. The molecule has 2 heterocycles. The molecule has 8 heteroatoms. The van der Waals surface area contributed by atoms with Crippen molar-refractivity contribution in [2.24, 2.45) is 0 Å². The number of carbonyl (C=O) groups excluding carboxylic acids is 1. The first-order valence-corrected chi connectivity index (χ1v) is 9.29. The molecule has 27 heavy (non-hydrogen) atoms.